The number of anilines is 1. The van der Waals surface area contributed by atoms with Gasteiger partial charge in [-0.2, -0.15) is 0 Å². The van der Waals surface area contributed by atoms with E-state index in [-0.39, 0.29) is 5.91 Å². The minimum Gasteiger partial charge on any atom is -0.497 e. The molecule has 5 heteroatoms. The lowest BCUT2D eigenvalue weighted by atomic mass is 10.1. The predicted octanol–water partition coefficient (Wildman–Crippen LogP) is 3.72. The van der Waals surface area contributed by atoms with Gasteiger partial charge in [0.25, 0.3) is 5.91 Å². The maximum absolute atomic E-state index is 12.2. The van der Waals surface area contributed by atoms with Gasteiger partial charge in [0.05, 0.1) is 19.0 Å². The van der Waals surface area contributed by atoms with Crippen LogP contribution in [0.25, 0.3) is 0 Å². The van der Waals surface area contributed by atoms with E-state index in [1.54, 1.807) is 19.4 Å². The molecule has 0 aliphatic carbocycles. The smallest absolute Gasteiger partial charge is 0.269 e. The fourth-order valence-electron chi connectivity index (χ4n) is 2.87. The summed E-state index contributed by atoms with van der Waals surface area (Å²) in [6, 6.07) is 21.7. The highest BCUT2D eigenvalue weighted by Crippen LogP contribution is 2.13. The van der Waals surface area contributed by atoms with Crippen molar-refractivity contribution in [3.05, 3.63) is 89.7 Å². The molecule has 0 fully saturated rings. The van der Waals surface area contributed by atoms with Crippen molar-refractivity contribution < 1.29 is 9.53 Å². The Morgan fingerprint density at radius 1 is 0.929 bits per heavy atom. The molecule has 1 aromatic heterocycles. The Hall–Kier alpha value is -3.34. The molecule has 1 heterocycles. The standard InChI is InChI=1S/C23H25N3O2/c1-28-21-9-5-8-19(16-21)13-14-24-20-10-11-22(26-17-20)23(27)25-15-12-18-6-3-2-4-7-18/h2-11,16-17,24H,12-15H2,1H3,(H,25,27). The lowest BCUT2D eigenvalue weighted by Crippen LogP contribution is -2.26. The van der Waals surface area contributed by atoms with E-state index < -0.39 is 0 Å². The quantitative estimate of drug-likeness (QED) is 0.598. The van der Waals surface area contributed by atoms with Gasteiger partial charge in [0.15, 0.2) is 0 Å². The van der Waals surface area contributed by atoms with Crippen LogP contribution >= 0.6 is 0 Å². The molecule has 0 aliphatic heterocycles. The van der Waals surface area contributed by atoms with E-state index in [0.717, 1.165) is 30.8 Å². The third kappa shape index (κ3) is 5.84. The second kappa shape index (κ2) is 10.1. The molecule has 3 rings (SSSR count). The van der Waals surface area contributed by atoms with E-state index in [1.165, 1.54) is 11.1 Å². The lowest BCUT2D eigenvalue weighted by molar-refractivity contribution is 0.0949. The van der Waals surface area contributed by atoms with E-state index in [0.29, 0.717) is 12.2 Å². The van der Waals surface area contributed by atoms with Crippen LogP contribution in [0.4, 0.5) is 5.69 Å². The van der Waals surface area contributed by atoms with Gasteiger partial charge in [-0.05, 0) is 48.2 Å². The average molecular weight is 375 g/mol. The molecule has 1 amide bonds. The summed E-state index contributed by atoms with van der Waals surface area (Å²) in [7, 11) is 1.67. The summed E-state index contributed by atoms with van der Waals surface area (Å²) >= 11 is 0. The molecule has 28 heavy (non-hydrogen) atoms. The second-order valence-electron chi connectivity index (χ2n) is 6.45. The molecule has 2 N–H and O–H groups in total. The third-order valence-corrected chi connectivity index (χ3v) is 4.42. The first-order valence-corrected chi connectivity index (χ1v) is 9.39. The summed E-state index contributed by atoms with van der Waals surface area (Å²) in [4.78, 5) is 16.5. The molecule has 5 nitrogen and oxygen atoms in total. The van der Waals surface area contributed by atoms with Crippen LogP contribution in [0.15, 0.2) is 72.9 Å². The Bertz CT molecular complexity index is 880. The van der Waals surface area contributed by atoms with Crippen molar-refractivity contribution in [2.24, 2.45) is 0 Å². The largest absolute Gasteiger partial charge is 0.497 e. The topological polar surface area (TPSA) is 63.2 Å². The maximum atomic E-state index is 12.2. The van der Waals surface area contributed by atoms with Crippen LogP contribution in [-0.2, 0) is 12.8 Å². The number of ether oxygens (including phenoxy) is 1. The average Bonchev–Trinajstić information content (AvgIpc) is 2.75. The number of benzene rings is 2. The SMILES string of the molecule is COc1cccc(CCNc2ccc(C(=O)NCCc3ccccc3)nc2)c1. The van der Waals surface area contributed by atoms with Gasteiger partial charge >= 0.3 is 0 Å². The lowest BCUT2D eigenvalue weighted by Gasteiger charge is -2.08. The van der Waals surface area contributed by atoms with Gasteiger partial charge in [-0.25, -0.2) is 4.98 Å². The van der Waals surface area contributed by atoms with E-state index in [1.807, 2.05) is 42.5 Å². The van der Waals surface area contributed by atoms with Crippen LogP contribution in [-0.4, -0.2) is 31.1 Å². The fourth-order valence-corrected chi connectivity index (χ4v) is 2.87. The van der Waals surface area contributed by atoms with Crippen LogP contribution in [0.2, 0.25) is 0 Å². The van der Waals surface area contributed by atoms with Gasteiger partial charge in [0, 0.05) is 13.1 Å². The number of carbonyl (C=O) groups is 1. The Balaban J connectivity index is 1.43. The Morgan fingerprint density at radius 3 is 2.46 bits per heavy atom. The van der Waals surface area contributed by atoms with Gasteiger partial charge in [0.1, 0.15) is 11.4 Å². The summed E-state index contributed by atoms with van der Waals surface area (Å²) in [6.45, 7) is 1.36. The van der Waals surface area contributed by atoms with Gasteiger partial charge in [-0.1, -0.05) is 42.5 Å². The maximum Gasteiger partial charge on any atom is 0.269 e. The first kappa shape index (κ1) is 19.4. The van der Waals surface area contributed by atoms with E-state index in [9.17, 15) is 4.79 Å². The van der Waals surface area contributed by atoms with Crippen molar-refractivity contribution in [1.82, 2.24) is 10.3 Å². The number of aromatic nitrogens is 1. The molecule has 3 aromatic rings. The zero-order valence-electron chi connectivity index (χ0n) is 16.0. The first-order valence-electron chi connectivity index (χ1n) is 9.39. The molecule has 144 valence electrons. The van der Waals surface area contributed by atoms with Crippen molar-refractivity contribution in [2.75, 3.05) is 25.5 Å². The highest BCUT2D eigenvalue weighted by Gasteiger charge is 2.06. The van der Waals surface area contributed by atoms with Crippen molar-refractivity contribution in [3.8, 4) is 5.75 Å². The highest BCUT2D eigenvalue weighted by molar-refractivity contribution is 5.92. The number of nitrogens with one attached hydrogen (secondary N) is 2. The predicted molar refractivity (Wildman–Crippen MR) is 112 cm³/mol. The molecular weight excluding hydrogens is 350 g/mol. The molecule has 0 radical (unpaired) electrons. The minimum atomic E-state index is -0.154. The van der Waals surface area contributed by atoms with Crippen LogP contribution in [0.1, 0.15) is 21.6 Å². The molecule has 0 unspecified atom stereocenters. The van der Waals surface area contributed by atoms with Crippen molar-refractivity contribution in [1.29, 1.82) is 0 Å². The third-order valence-electron chi connectivity index (χ3n) is 4.42. The molecule has 0 saturated carbocycles. The normalized spacial score (nSPS) is 10.3. The van der Waals surface area contributed by atoms with Crippen LogP contribution in [0, 0.1) is 0 Å². The summed E-state index contributed by atoms with van der Waals surface area (Å²) in [5, 5.41) is 6.24. The van der Waals surface area contributed by atoms with Crippen LogP contribution < -0.4 is 15.4 Å². The molecular formula is C23H25N3O2. The van der Waals surface area contributed by atoms with Crippen molar-refractivity contribution in [2.45, 2.75) is 12.8 Å². The second-order valence-corrected chi connectivity index (χ2v) is 6.45. The van der Waals surface area contributed by atoms with Gasteiger partial charge < -0.3 is 15.4 Å². The number of nitrogens with zero attached hydrogens (tertiary/aromatic N) is 1. The minimum absolute atomic E-state index is 0.154. The van der Waals surface area contributed by atoms with Crippen molar-refractivity contribution in [3.63, 3.8) is 0 Å². The molecule has 0 atom stereocenters. The summed E-state index contributed by atoms with van der Waals surface area (Å²) in [5.74, 6) is 0.709. The number of amides is 1. The van der Waals surface area contributed by atoms with E-state index >= 15 is 0 Å². The van der Waals surface area contributed by atoms with Crippen LogP contribution in [0.3, 0.4) is 0 Å². The number of pyridine rings is 1. The fraction of sp³-hybridized carbons (Fsp3) is 0.217. The van der Waals surface area contributed by atoms with Gasteiger partial charge in [0.2, 0.25) is 0 Å². The molecule has 0 spiro atoms. The monoisotopic (exact) mass is 375 g/mol. The number of carbonyl (C=O) groups excluding carboxylic acids is 1. The Kier molecular flexibility index (Phi) is 7.01. The molecule has 0 bridgehead atoms. The zero-order chi connectivity index (χ0) is 19.6. The molecule has 0 saturated heterocycles. The molecule has 2 aromatic carbocycles. The summed E-state index contributed by atoms with van der Waals surface area (Å²) < 4.78 is 5.24. The number of methoxy groups -OCH3 is 1. The molecule has 0 aliphatic rings. The van der Waals surface area contributed by atoms with Crippen LogP contribution in [0.5, 0.6) is 5.75 Å². The number of rotatable bonds is 9. The number of hydrogen-bond acceptors (Lipinski definition) is 4. The summed E-state index contributed by atoms with van der Waals surface area (Å²) in [5.41, 5.74) is 3.72. The number of hydrogen-bond donors (Lipinski definition) is 2. The first-order chi connectivity index (χ1) is 13.7. The van der Waals surface area contributed by atoms with Gasteiger partial charge in [-0.15, -0.1) is 0 Å². The Labute approximate surface area is 165 Å². The van der Waals surface area contributed by atoms with E-state index in [4.69, 9.17) is 4.74 Å². The highest BCUT2D eigenvalue weighted by atomic mass is 16.5. The van der Waals surface area contributed by atoms with Crippen molar-refractivity contribution >= 4 is 11.6 Å². The van der Waals surface area contributed by atoms with E-state index in [2.05, 4.69) is 33.8 Å². The summed E-state index contributed by atoms with van der Waals surface area (Å²) in [6.07, 6.45) is 3.37. The Morgan fingerprint density at radius 2 is 1.71 bits per heavy atom. The van der Waals surface area contributed by atoms with Gasteiger partial charge in [-0.3, -0.25) is 4.79 Å². The zero-order valence-corrected chi connectivity index (χ0v) is 16.0.